The molecule has 0 amide bonds. The molecule has 0 rings (SSSR count). The third-order valence-corrected chi connectivity index (χ3v) is 11.7. The van der Waals surface area contributed by atoms with Crippen LogP contribution in [0.15, 0.2) is 134 Å². The van der Waals surface area contributed by atoms with E-state index in [2.05, 4.69) is 69.4 Å². The van der Waals surface area contributed by atoms with Crippen molar-refractivity contribution in [3.05, 3.63) is 134 Å². The molecule has 0 radical (unpaired) electrons. The largest absolute Gasteiger partial charge is 0.462 e. The van der Waals surface area contributed by atoms with E-state index in [9.17, 15) is 14.4 Å². The van der Waals surface area contributed by atoms with E-state index in [1.165, 1.54) is 96.3 Å². The quantitative estimate of drug-likeness (QED) is 0.0262. The van der Waals surface area contributed by atoms with Gasteiger partial charge < -0.3 is 14.2 Å². The van der Waals surface area contributed by atoms with E-state index >= 15 is 0 Å². The summed E-state index contributed by atoms with van der Waals surface area (Å²) in [6.07, 6.45) is 80.0. The highest BCUT2D eigenvalue weighted by Crippen LogP contribution is 2.15. The van der Waals surface area contributed by atoms with Gasteiger partial charge >= 0.3 is 17.9 Å². The molecule has 0 saturated carbocycles. The number of rotatable bonds is 49. The molecule has 0 fully saturated rings. The van der Waals surface area contributed by atoms with Crippen LogP contribution >= 0.6 is 0 Å². The van der Waals surface area contributed by atoms with Crippen LogP contribution in [0.2, 0.25) is 0 Å². The number of carbonyl (C=O) groups excluding carboxylic acids is 3. The number of ether oxygens (including phenoxy) is 3. The maximum atomic E-state index is 12.8. The van der Waals surface area contributed by atoms with Gasteiger partial charge in [-0.15, -0.1) is 0 Å². The maximum Gasteiger partial charge on any atom is 0.306 e. The fourth-order valence-corrected chi connectivity index (χ4v) is 7.45. The van der Waals surface area contributed by atoms with Gasteiger partial charge in [-0.3, -0.25) is 14.4 Å². The molecule has 0 saturated heterocycles. The zero-order valence-corrected chi connectivity index (χ0v) is 45.0. The number of hydrogen-bond donors (Lipinski definition) is 0. The zero-order valence-electron chi connectivity index (χ0n) is 45.0. The molecule has 0 aliphatic carbocycles. The summed E-state index contributed by atoms with van der Waals surface area (Å²) >= 11 is 0. The second-order valence-electron chi connectivity index (χ2n) is 18.4. The van der Waals surface area contributed by atoms with E-state index in [1.807, 2.05) is 85.1 Å². The molecule has 0 spiro atoms. The fourth-order valence-electron chi connectivity index (χ4n) is 7.45. The predicted molar refractivity (Wildman–Crippen MR) is 302 cm³/mol. The van der Waals surface area contributed by atoms with Crippen LogP contribution < -0.4 is 0 Å². The van der Waals surface area contributed by atoms with Crippen LogP contribution in [0, 0.1) is 0 Å². The first-order valence-electron chi connectivity index (χ1n) is 28.3. The first-order valence-corrected chi connectivity index (χ1v) is 28.3. The van der Waals surface area contributed by atoms with Crippen LogP contribution in [0.4, 0.5) is 0 Å². The third kappa shape index (κ3) is 54.5. The standard InChI is InChI=1S/C64H102O6/c1-4-7-10-13-16-19-22-25-28-31-34-36-39-42-45-48-51-54-57-63(66)69-60-61(70-64(67)58-55-52-49-46-43-40-37-33-30-27-24-21-18-15-12-9-6-3)59-68-62(65)56-53-50-47-44-41-38-35-32-29-26-23-20-17-14-11-8-5-2/h9-10,12-13,15-16,18-19,21-22,24-25,27-28,30-31,33-34,36-37,40,43,61H,4-8,11,14,17,20,23,26,29,32,35,38-39,41-42,44-60H2,1-3H3/b12-9-,13-10-,18-15-,19-16-,24-21-,25-22-,30-27-,31-28-,36-34-,37-33+,43-40-. The SMILES string of the molecule is CC\C=C/C=C\C=C/C=C\C=C\C=C/CCCCCC(=O)OC(COC(=O)CCCCCCC\C=C/C=C\C=C/C=C\C=C/CCC)COC(=O)CCCCCCCCCCCCCCCCCCC. The van der Waals surface area contributed by atoms with Crippen LogP contribution in [-0.2, 0) is 28.6 Å². The summed E-state index contributed by atoms with van der Waals surface area (Å²) in [7, 11) is 0. The summed E-state index contributed by atoms with van der Waals surface area (Å²) < 4.78 is 16.8. The molecular weight excluding hydrogens is 865 g/mol. The van der Waals surface area contributed by atoms with E-state index in [1.54, 1.807) is 0 Å². The summed E-state index contributed by atoms with van der Waals surface area (Å²) in [5.74, 6) is -0.979. The van der Waals surface area contributed by atoms with Crippen molar-refractivity contribution in [3.8, 4) is 0 Å². The normalized spacial score (nSPS) is 13.1. The molecule has 70 heavy (non-hydrogen) atoms. The summed E-state index contributed by atoms with van der Waals surface area (Å²) in [6.45, 7) is 6.35. The fraction of sp³-hybridized carbons (Fsp3) is 0.609. The smallest absolute Gasteiger partial charge is 0.306 e. The van der Waals surface area contributed by atoms with Gasteiger partial charge in [0.1, 0.15) is 13.2 Å². The molecule has 394 valence electrons. The summed E-state index contributed by atoms with van der Waals surface area (Å²) in [6, 6.07) is 0. The lowest BCUT2D eigenvalue weighted by Crippen LogP contribution is -2.30. The summed E-state index contributed by atoms with van der Waals surface area (Å²) in [5.41, 5.74) is 0. The number of unbranched alkanes of at least 4 members (excludes halogenated alkanes) is 25. The van der Waals surface area contributed by atoms with Gasteiger partial charge in [-0.2, -0.15) is 0 Å². The number of esters is 3. The van der Waals surface area contributed by atoms with Crippen molar-refractivity contribution >= 4 is 17.9 Å². The minimum atomic E-state index is -0.817. The van der Waals surface area contributed by atoms with Crippen LogP contribution in [0.1, 0.15) is 233 Å². The average Bonchev–Trinajstić information content (AvgIpc) is 3.36. The van der Waals surface area contributed by atoms with Crippen molar-refractivity contribution in [1.82, 2.24) is 0 Å². The average molecular weight is 968 g/mol. The molecule has 6 nitrogen and oxygen atoms in total. The van der Waals surface area contributed by atoms with Crippen LogP contribution in [0.5, 0.6) is 0 Å². The number of hydrogen-bond acceptors (Lipinski definition) is 6. The van der Waals surface area contributed by atoms with Crippen molar-refractivity contribution in [2.75, 3.05) is 13.2 Å². The first-order chi connectivity index (χ1) is 34.5. The second kappa shape index (κ2) is 57.1. The van der Waals surface area contributed by atoms with Gasteiger partial charge in [-0.25, -0.2) is 0 Å². The molecule has 0 bridgehead atoms. The van der Waals surface area contributed by atoms with Crippen molar-refractivity contribution < 1.29 is 28.6 Å². The molecule has 1 unspecified atom stereocenters. The third-order valence-electron chi connectivity index (χ3n) is 11.7. The highest BCUT2D eigenvalue weighted by molar-refractivity contribution is 5.71. The van der Waals surface area contributed by atoms with Gasteiger partial charge in [0, 0.05) is 19.3 Å². The zero-order chi connectivity index (χ0) is 50.7. The van der Waals surface area contributed by atoms with Crippen molar-refractivity contribution in [2.24, 2.45) is 0 Å². The van der Waals surface area contributed by atoms with Gasteiger partial charge in [-0.1, -0.05) is 289 Å². The maximum absolute atomic E-state index is 12.8. The lowest BCUT2D eigenvalue weighted by Gasteiger charge is -2.18. The molecule has 0 aliphatic rings. The second-order valence-corrected chi connectivity index (χ2v) is 18.4. The first kappa shape index (κ1) is 65.5. The van der Waals surface area contributed by atoms with Gasteiger partial charge in [0.05, 0.1) is 0 Å². The Balaban J connectivity index is 4.54. The topological polar surface area (TPSA) is 78.9 Å². The van der Waals surface area contributed by atoms with Crippen molar-refractivity contribution in [3.63, 3.8) is 0 Å². The molecule has 1 atom stereocenters. The minimum Gasteiger partial charge on any atom is -0.462 e. The lowest BCUT2D eigenvalue weighted by molar-refractivity contribution is -0.167. The molecular formula is C64H102O6. The van der Waals surface area contributed by atoms with Crippen molar-refractivity contribution in [2.45, 2.75) is 239 Å². The molecule has 6 heteroatoms. The minimum absolute atomic E-state index is 0.108. The Morgan fingerprint density at radius 3 is 0.943 bits per heavy atom. The van der Waals surface area contributed by atoms with Crippen LogP contribution in [0.3, 0.4) is 0 Å². The van der Waals surface area contributed by atoms with Gasteiger partial charge in [0.2, 0.25) is 0 Å². The van der Waals surface area contributed by atoms with E-state index < -0.39 is 6.10 Å². The van der Waals surface area contributed by atoms with Gasteiger partial charge in [-0.05, 0) is 57.8 Å². The molecule has 0 N–H and O–H groups in total. The molecule has 0 aromatic rings. The van der Waals surface area contributed by atoms with Crippen molar-refractivity contribution in [1.29, 1.82) is 0 Å². The molecule has 0 aliphatic heterocycles. The lowest BCUT2D eigenvalue weighted by atomic mass is 10.0. The van der Waals surface area contributed by atoms with E-state index in [0.29, 0.717) is 19.3 Å². The van der Waals surface area contributed by atoms with E-state index in [0.717, 1.165) is 89.9 Å². The van der Waals surface area contributed by atoms with E-state index in [4.69, 9.17) is 14.2 Å². The number of carbonyl (C=O) groups is 3. The highest BCUT2D eigenvalue weighted by atomic mass is 16.6. The Morgan fingerprint density at radius 2 is 0.586 bits per heavy atom. The van der Waals surface area contributed by atoms with Crippen LogP contribution in [-0.4, -0.2) is 37.2 Å². The Morgan fingerprint density at radius 1 is 0.300 bits per heavy atom. The van der Waals surface area contributed by atoms with E-state index in [-0.39, 0.29) is 37.5 Å². The number of allylic oxidation sites excluding steroid dienone is 22. The van der Waals surface area contributed by atoms with Gasteiger partial charge in [0.15, 0.2) is 6.10 Å². The Hall–Kier alpha value is -4.45. The summed E-state index contributed by atoms with van der Waals surface area (Å²) in [5, 5.41) is 0. The predicted octanol–water partition coefficient (Wildman–Crippen LogP) is 19.0. The Labute approximate surface area is 430 Å². The Bertz CT molecular complexity index is 1530. The van der Waals surface area contributed by atoms with Crippen LogP contribution in [0.25, 0.3) is 0 Å². The molecule has 0 aromatic heterocycles. The molecule has 0 aromatic carbocycles. The van der Waals surface area contributed by atoms with Gasteiger partial charge in [0.25, 0.3) is 0 Å². The summed E-state index contributed by atoms with van der Waals surface area (Å²) in [4.78, 5) is 38.2. The molecule has 0 heterocycles. The highest BCUT2D eigenvalue weighted by Gasteiger charge is 2.19. The monoisotopic (exact) mass is 967 g/mol. The Kier molecular flexibility index (Phi) is 53.5.